The monoisotopic (exact) mass is 434 g/mol. The number of benzene rings is 2. The number of nitro groups is 1. The standard InChI is InChI=1S/C18H12Cl2N4O3S/c19-13-5-2-6-15(18(13)20)21-16(25)10-28-17-8-7-14(22-23-17)11-3-1-4-12(9-11)24(26)27/h1-9H,10H2,(H,21,25). The van der Waals surface area contributed by atoms with Crippen molar-refractivity contribution in [3.8, 4) is 11.3 Å². The van der Waals surface area contributed by atoms with Gasteiger partial charge in [-0.1, -0.05) is 53.2 Å². The van der Waals surface area contributed by atoms with Gasteiger partial charge in [-0.2, -0.15) is 0 Å². The number of hydrogen-bond donors (Lipinski definition) is 1. The van der Waals surface area contributed by atoms with Crippen molar-refractivity contribution in [2.24, 2.45) is 0 Å². The Hall–Kier alpha value is -2.68. The van der Waals surface area contributed by atoms with Gasteiger partial charge >= 0.3 is 0 Å². The number of carbonyl (C=O) groups is 1. The van der Waals surface area contributed by atoms with Crippen molar-refractivity contribution >= 4 is 52.2 Å². The van der Waals surface area contributed by atoms with Gasteiger partial charge in [0.1, 0.15) is 5.03 Å². The molecule has 2 aromatic carbocycles. The van der Waals surface area contributed by atoms with Crippen molar-refractivity contribution in [3.63, 3.8) is 0 Å². The molecule has 3 aromatic rings. The summed E-state index contributed by atoms with van der Waals surface area (Å²) >= 11 is 13.2. The number of amides is 1. The number of nitrogens with one attached hydrogen (secondary N) is 1. The second kappa shape index (κ2) is 9.01. The molecule has 7 nitrogen and oxygen atoms in total. The molecule has 0 atom stereocenters. The van der Waals surface area contributed by atoms with E-state index in [0.29, 0.717) is 27.0 Å². The van der Waals surface area contributed by atoms with Crippen LogP contribution < -0.4 is 5.32 Å². The molecule has 1 N–H and O–H groups in total. The molecule has 1 heterocycles. The lowest BCUT2D eigenvalue weighted by Crippen LogP contribution is -2.14. The highest BCUT2D eigenvalue weighted by atomic mass is 35.5. The van der Waals surface area contributed by atoms with Crippen LogP contribution in [-0.2, 0) is 4.79 Å². The highest BCUT2D eigenvalue weighted by molar-refractivity contribution is 7.99. The summed E-state index contributed by atoms with van der Waals surface area (Å²) in [5.41, 5.74) is 1.51. The molecule has 0 unspecified atom stereocenters. The summed E-state index contributed by atoms with van der Waals surface area (Å²) in [6.07, 6.45) is 0. The largest absolute Gasteiger partial charge is 0.324 e. The maximum absolute atomic E-state index is 12.1. The molecule has 0 saturated heterocycles. The van der Waals surface area contributed by atoms with E-state index in [1.807, 2.05) is 0 Å². The van der Waals surface area contributed by atoms with Crippen molar-refractivity contribution in [3.05, 3.63) is 74.8 Å². The quantitative estimate of drug-likeness (QED) is 0.329. The summed E-state index contributed by atoms with van der Waals surface area (Å²) < 4.78 is 0. The molecule has 0 aliphatic carbocycles. The lowest BCUT2D eigenvalue weighted by atomic mass is 10.1. The number of halogens is 2. The van der Waals surface area contributed by atoms with Crippen molar-refractivity contribution in [2.75, 3.05) is 11.1 Å². The zero-order valence-electron chi connectivity index (χ0n) is 14.1. The third-order valence-electron chi connectivity index (χ3n) is 3.57. The van der Waals surface area contributed by atoms with Crippen LogP contribution >= 0.6 is 35.0 Å². The summed E-state index contributed by atoms with van der Waals surface area (Å²) in [5, 5.41) is 22.9. The molecule has 10 heteroatoms. The molecule has 0 spiro atoms. The van der Waals surface area contributed by atoms with E-state index < -0.39 is 4.92 Å². The predicted octanol–water partition coefficient (Wildman–Crippen LogP) is 5.09. The third-order valence-corrected chi connectivity index (χ3v) is 5.31. The Bertz CT molecular complexity index is 1030. The number of anilines is 1. The summed E-state index contributed by atoms with van der Waals surface area (Å²) in [7, 11) is 0. The van der Waals surface area contributed by atoms with Crippen molar-refractivity contribution in [2.45, 2.75) is 5.03 Å². The van der Waals surface area contributed by atoms with Gasteiger partial charge in [-0.25, -0.2) is 0 Å². The fourth-order valence-electron chi connectivity index (χ4n) is 2.26. The molecule has 0 saturated carbocycles. The van der Waals surface area contributed by atoms with Gasteiger partial charge < -0.3 is 5.32 Å². The fraction of sp³-hybridized carbons (Fsp3) is 0.0556. The second-order valence-electron chi connectivity index (χ2n) is 5.50. The van der Waals surface area contributed by atoms with E-state index in [0.717, 1.165) is 0 Å². The van der Waals surface area contributed by atoms with Crippen LogP contribution in [0.3, 0.4) is 0 Å². The molecule has 0 radical (unpaired) electrons. The molecule has 0 bridgehead atoms. The number of non-ortho nitro benzene ring substituents is 1. The van der Waals surface area contributed by atoms with E-state index in [4.69, 9.17) is 23.2 Å². The second-order valence-corrected chi connectivity index (χ2v) is 7.28. The minimum atomic E-state index is -0.466. The average molecular weight is 435 g/mol. The molecular formula is C18H12Cl2N4O3S. The van der Waals surface area contributed by atoms with E-state index in [1.54, 1.807) is 42.5 Å². The number of carbonyl (C=O) groups excluding carboxylic acids is 1. The molecule has 1 amide bonds. The maximum atomic E-state index is 12.1. The Morgan fingerprint density at radius 1 is 1.11 bits per heavy atom. The van der Waals surface area contributed by atoms with E-state index in [1.165, 1.54) is 23.9 Å². The van der Waals surface area contributed by atoms with E-state index >= 15 is 0 Å². The Morgan fingerprint density at radius 2 is 1.89 bits per heavy atom. The smallest absolute Gasteiger partial charge is 0.270 e. The Labute approximate surface area is 174 Å². The van der Waals surface area contributed by atoms with Gasteiger partial charge in [0.25, 0.3) is 5.69 Å². The van der Waals surface area contributed by atoms with Crippen LogP contribution in [0.15, 0.2) is 59.6 Å². The molecule has 1 aromatic heterocycles. The highest BCUT2D eigenvalue weighted by Gasteiger charge is 2.11. The van der Waals surface area contributed by atoms with Crippen LogP contribution in [0.5, 0.6) is 0 Å². The summed E-state index contributed by atoms with van der Waals surface area (Å²) in [6, 6.07) is 14.5. The summed E-state index contributed by atoms with van der Waals surface area (Å²) in [4.78, 5) is 22.5. The van der Waals surface area contributed by atoms with Crippen molar-refractivity contribution in [1.82, 2.24) is 10.2 Å². The van der Waals surface area contributed by atoms with E-state index in [2.05, 4.69) is 15.5 Å². The summed E-state index contributed by atoms with van der Waals surface area (Å²) in [5.74, 6) is -0.160. The molecular weight excluding hydrogens is 423 g/mol. The summed E-state index contributed by atoms with van der Waals surface area (Å²) in [6.45, 7) is 0. The van der Waals surface area contributed by atoms with Gasteiger partial charge in [0.2, 0.25) is 5.91 Å². The maximum Gasteiger partial charge on any atom is 0.270 e. The van der Waals surface area contributed by atoms with Gasteiger partial charge in [0, 0.05) is 17.7 Å². The minimum absolute atomic E-state index is 0.0194. The van der Waals surface area contributed by atoms with Crippen molar-refractivity contribution in [1.29, 1.82) is 0 Å². The number of nitrogens with zero attached hydrogens (tertiary/aromatic N) is 3. The number of aromatic nitrogens is 2. The van der Waals surface area contributed by atoms with Crippen LogP contribution in [-0.4, -0.2) is 26.8 Å². The number of hydrogen-bond acceptors (Lipinski definition) is 6. The van der Waals surface area contributed by atoms with Gasteiger partial charge in [0.05, 0.1) is 32.1 Å². The number of rotatable bonds is 6. The fourth-order valence-corrected chi connectivity index (χ4v) is 3.22. The van der Waals surface area contributed by atoms with Crippen LogP contribution in [0.1, 0.15) is 0 Å². The third kappa shape index (κ3) is 4.98. The first kappa shape index (κ1) is 20.1. The zero-order valence-corrected chi connectivity index (χ0v) is 16.5. The Morgan fingerprint density at radius 3 is 2.61 bits per heavy atom. The first-order valence-electron chi connectivity index (χ1n) is 7.89. The average Bonchev–Trinajstić information content (AvgIpc) is 2.70. The van der Waals surface area contributed by atoms with Gasteiger partial charge in [-0.05, 0) is 24.3 Å². The lowest BCUT2D eigenvalue weighted by molar-refractivity contribution is -0.384. The Kier molecular flexibility index (Phi) is 6.45. The van der Waals surface area contributed by atoms with Crippen LogP contribution in [0, 0.1) is 10.1 Å². The SMILES string of the molecule is O=C(CSc1ccc(-c2cccc([N+](=O)[O-])c2)nn1)Nc1cccc(Cl)c1Cl. The van der Waals surface area contributed by atoms with Gasteiger partial charge in [-0.3, -0.25) is 14.9 Å². The molecule has 0 aliphatic heterocycles. The number of nitro benzene ring substituents is 1. The molecule has 0 fully saturated rings. The molecule has 3 rings (SSSR count). The lowest BCUT2D eigenvalue weighted by Gasteiger charge is -2.08. The Balaban J connectivity index is 1.61. The first-order valence-corrected chi connectivity index (χ1v) is 9.63. The van der Waals surface area contributed by atoms with E-state index in [9.17, 15) is 14.9 Å². The van der Waals surface area contributed by atoms with Gasteiger partial charge in [0.15, 0.2) is 0 Å². The van der Waals surface area contributed by atoms with Crippen molar-refractivity contribution < 1.29 is 9.72 Å². The molecule has 142 valence electrons. The van der Waals surface area contributed by atoms with Crippen LogP contribution in [0.4, 0.5) is 11.4 Å². The normalized spacial score (nSPS) is 10.5. The first-order chi connectivity index (χ1) is 13.4. The van der Waals surface area contributed by atoms with Crippen LogP contribution in [0.2, 0.25) is 10.0 Å². The predicted molar refractivity (Wildman–Crippen MR) is 110 cm³/mol. The zero-order chi connectivity index (χ0) is 20.1. The van der Waals surface area contributed by atoms with Crippen LogP contribution in [0.25, 0.3) is 11.3 Å². The topological polar surface area (TPSA) is 98.0 Å². The highest BCUT2D eigenvalue weighted by Crippen LogP contribution is 2.30. The number of thioether (sulfide) groups is 1. The molecule has 0 aliphatic rings. The van der Waals surface area contributed by atoms with E-state index in [-0.39, 0.29) is 22.4 Å². The minimum Gasteiger partial charge on any atom is -0.324 e. The molecule has 28 heavy (non-hydrogen) atoms. The van der Waals surface area contributed by atoms with Gasteiger partial charge in [-0.15, -0.1) is 10.2 Å².